The maximum atomic E-state index is 4.85. The third-order valence-corrected chi connectivity index (χ3v) is 6.15. The van der Waals surface area contributed by atoms with Crippen molar-refractivity contribution < 1.29 is 0 Å². The van der Waals surface area contributed by atoms with Crippen LogP contribution in [-0.4, -0.2) is 29.0 Å². The first-order valence-corrected chi connectivity index (χ1v) is 10.5. The fourth-order valence-corrected chi connectivity index (χ4v) is 4.52. The number of fused-ring (bicyclic) bond motifs is 2. The molecule has 2 aromatic rings. The molecule has 0 saturated carbocycles. The Balaban J connectivity index is 0.00000102. The second kappa shape index (κ2) is 8.39. The van der Waals surface area contributed by atoms with Crippen LogP contribution in [0.4, 0.5) is 0 Å². The Labute approximate surface area is 165 Å². The quantitative estimate of drug-likeness (QED) is 0.587. The van der Waals surface area contributed by atoms with Gasteiger partial charge in [-0.05, 0) is 76.3 Å². The van der Waals surface area contributed by atoms with Gasteiger partial charge >= 0.3 is 0 Å². The number of hydrogen-bond donors (Lipinski definition) is 0. The minimum Gasteiger partial charge on any atom is -0.300 e. The normalized spacial score (nSPS) is 22.3. The number of aromatic nitrogens is 1. The van der Waals surface area contributed by atoms with E-state index in [1.54, 1.807) is 5.57 Å². The highest BCUT2D eigenvalue weighted by Gasteiger charge is 2.29. The topological polar surface area (TPSA) is 16.1 Å². The third kappa shape index (κ3) is 3.87. The van der Waals surface area contributed by atoms with Gasteiger partial charge in [-0.25, -0.2) is 0 Å². The summed E-state index contributed by atoms with van der Waals surface area (Å²) in [7, 11) is 2.26. The molecule has 1 aliphatic carbocycles. The van der Waals surface area contributed by atoms with Crippen molar-refractivity contribution in [2.45, 2.75) is 72.4 Å². The van der Waals surface area contributed by atoms with Crippen molar-refractivity contribution in [1.29, 1.82) is 0 Å². The number of pyridine rings is 1. The van der Waals surface area contributed by atoms with Gasteiger partial charge < -0.3 is 4.90 Å². The zero-order valence-corrected chi connectivity index (χ0v) is 17.8. The van der Waals surface area contributed by atoms with Crippen molar-refractivity contribution in [2.75, 3.05) is 7.05 Å². The SMILES string of the molecule is CC.Cc1ccc2c(c1)CCc1cccnc1C2=C1CC(C)N(C)C(C)C1. The van der Waals surface area contributed by atoms with E-state index in [9.17, 15) is 0 Å². The lowest BCUT2D eigenvalue weighted by Crippen LogP contribution is -2.41. The van der Waals surface area contributed by atoms with Crippen molar-refractivity contribution in [3.05, 3.63) is 70.0 Å². The molecular formula is C25H34N2. The van der Waals surface area contributed by atoms with Gasteiger partial charge in [-0.3, -0.25) is 4.98 Å². The van der Waals surface area contributed by atoms with Crippen molar-refractivity contribution in [2.24, 2.45) is 0 Å². The molecule has 2 unspecified atom stereocenters. The Kier molecular flexibility index (Phi) is 6.16. The Morgan fingerprint density at radius 1 is 0.963 bits per heavy atom. The largest absolute Gasteiger partial charge is 0.300 e. The first-order valence-electron chi connectivity index (χ1n) is 10.5. The molecule has 1 saturated heterocycles. The summed E-state index contributed by atoms with van der Waals surface area (Å²) in [5.41, 5.74) is 9.90. The van der Waals surface area contributed by atoms with Crippen LogP contribution in [0.3, 0.4) is 0 Å². The highest BCUT2D eigenvalue weighted by Crippen LogP contribution is 2.39. The van der Waals surface area contributed by atoms with E-state index in [1.807, 2.05) is 20.0 Å². The minimum atomic E-state index is 0.579. The zero-order chi connectivity index (χ0) is 19.6. The van der Waals surface area contributed by atoms with E-state index < -0.39 is 0 Å². The average molecular weight is 363 g/mol. The predicted molar refractivity (Wildman–Crippen MR) is 116 cm³/mol. The van der Waals surface area contributed by atoms with Crippen LogP contribution in [0, 0.1) is 6.92 Å². The van der Waals surface area contributed by atoms with Crippen molar-refractivity contribution in [3.8, 4) is 0 Å². The van der Waals surface area contributed by atoms with Gasteiger partial charge in [-0.1, -0.05) is 49.2 Å². The van der Waals surface area contributed by atoms with E-state index in [4.69, 9.17) is 4.98 Å². The maximum Gasteiger partial charge on any atom is 0.0739 e. The fourth-order valence-electron chi connectivity index (χ4n) is 4.52. The van der Waals surface area contributed by atoms with Gasteiger partial charge in [0.15, 0.2) is 0 Å². The predicted octanol–water partition coefficient (Wildman–Crippen LogP) is 5.82. The molecule has 1 fully saturated rings. The molecule has 0 N–H and O–H groups in total. The molecule has 0 radical (unpaired) electrons. The van der Waals surface area contributed by atoms with Gasteiger partial charge in [-0.2, -0.15) is 0 Å². The van der Waals surface area contributed by atoms with E-state index in [0.717, 1.165) is 25.7 Å². The molecule has 144 valence electrons. The summed E-state index contributed by atoms with van der Waals surface area (Å²) < 4.78 is 0. The van der Waals surface area contributed by atoms with Gasteiger partial charge in [0.25, 0.3) is 0 Å². The van der Waals surface area contributed by atoms with Crippen LogP contribution < -0.4 is 0 Å². The molecule has 2 heteroatoms. The minimum absolute atomic E-state index is 0.579. The van der Waals surface area contributed by atoms with Crippen molar-refractivity contribution in [3.63, 3.8) is 0 Å². The van der Waals surface area contributed by atoms with Gasteiger partial charge in [-0.15, -0.1) is 0 Å². The second-order valence-corrected chi connectivity index (χ2v) is 7.92. The summed E-state index contributed by atoms with van der Waals surface area (Å²) in [6, 6.07) is 12.5. The standard InChI is InChI=1S/C23H28N2.C2H6/c1-15-7-10-21-19(12-15)9-8-18-6-5-11-24-23(18)22(21)20-13-16(2)25(4)17(3)14-20;1-2/h5-7,10-12,16-17H,8-9,13-14H2,1-4H3;1-2H3. The van der Waals surface area contributed by atoms with Crippen LogP contribution in [0.5, 0.6) is 0 Å². The van der Waals surface area contributed by atoms with E-state index in [0.29, 0.717) is 12.1 Å². The molecule has 1 aromatic carbocycles. The molecule has 0 bridgehead atoms. The first-order chi connectivity index (χ1) is 13.0. The van der Waals surface area contributed by atoms with Crippen LogP contribution in [0.1, 0.15) is 68.5 Å². The molecule has 0 spiro atoms. The molecule has 2 heterocycles. The van der Waals surface area contributed by atoms with E-state index >= 15 is 0 Å². The van der Waals surface area contributed by atoms with Crippen LogP contribution in [0.25, 0.3) is 5.57 Å². The maximum absolute atomic E-state index is 4.85. The van der Waals surface area contributed by atoms with Gasteiger partial charge in [0, 0.05) is 23.9 Å². The smallest absolute Gasteiger partial charge is 0.0739 e. The Morgan fingerprint density at radius 2 is 1.63 bits per heavy atom. The fraction of sp³-hybridized carbons (Fsp3) is 0.480. The Morgan fingerprint density at radius 3 is 2.33 bits per heavy atom. The van der Waals surface area contributed by atoms with E-state index in [1.165, 1.54) is 33.5 Å². The van der Waals surface area contributed by atoms with Crippen LogP contribution in [0.15, 0.2) is 42.1 Å². The average Bonchev–Trinajstić information content (AvgIpc) is 2.84. The van der Waals surface area contributed by atoms with Crippen molar-refractivity contribution >= 4 is 5.57 Å². The lowest BCUT2D eigenvalue weighted by molar-refractivity contribution is 0.167. The molecule has 2 aliphatic rings. The lowest BCUT2D eigenvalue weighted by Gasteiger charge is -2.38. The molecule has 2 nitrogen and oxygen atoms in total. The number of benzene rings is 1. The molecule has 4 rings (SSSR count). The second-order valence-electron chi connectivity index (χ2n) is 7.92. The van der Waals surface area contributed by atoms with Gasteiger partial charge in [0.1, 0.15) is 0 Å². The number of rotatable bonds is 0. The third-order valence-electron chi connectivity index (χ3n) is 6.15. The first kappa shape index (κ1) is 19.8. The van der Waals surface area contributed by atoms with Crippen LogP contribution in [-0.2, 0) is 12.8 Å². The number of nitrogens with zero attached hydrogens (tertiary/aromatic N) is 2. The van der Waals surface area contributed by atoms with Gasteiger partial charge in [0.05, 0.1) is 5.69 Å². The number of hydrogen-bond acceptors (Lipinski definition) is 2. The summed E-state index contributed by atoms with van der Waals surface area (Å²) in [6.45, 7) is 10.9. The number of piperidine rings is 1. The molecule has 1 aromatic heterocycles. The molecule has 2 atom stereocenters. The highest BCUT2D eigenvalue weighted by atomic mass is 15.2. The molecule has 0 amide bonds. The Hall–Kier alpha value is -1.93. The van der Waals surface area contributed by atoms with Gasteiger partial charge in [0.2, 0.25) is 0 Å². The Bertz CT molecular complexity index is 820. The lowest BCUT2D eigenvalue weighted by atomic mass is 9.84. The summed E-state index contributed by atoms with van der Waals surface area (Å²) in [5, 5.41) is 0. The molecule has 1 aliphatic heterocycles. The highest BCUT2D eigenvalue weighted by molar-refractivity contribution is 5.84. The number of likely N-dealkylation sites (tertiary alicyclic amines) is 1. The number of aryl methyl sites for hydroxylation is 3. The zero-order valence-electron chi connectivity index (χ0n) is 17.8. The van der Waals surface area contributed by atoms with Crippen LogP contribution >= 0.6 is 0 Å². The summed E-state index contributed by atoms with van der Waals surface area (Å²) in [4.78, 5) is 7.36. The van der Waals surface area contributed by atoms with E-state index in [-0.39, 0.29) is 0 Å². The van der Waals surface area contributed by atoms with Crippen molar-refractivity contribution in [1.82, 2.24) is 9.88 Å². The molecule has 27 heavy (non-hydrogen) atoms. The summed E-state index contributed by atoms with van der Waals surface area (Å²) >= 11 is 0. The molecular weight excluding hydrogens is 328 g/mol. The summed E-state index contributed by atoms with van der Waals surface area (Å²) in [6.07, 6.45) is 6.43. The summed E-state index contributed by atoms with van der Waals surface area (Å²) in [5.74, 6) is 0. The monoisotopic (exact) mass is 362 g/mol. The van der Waals surface area contributed by atoms with Crippen LogP contribution in [0.2, 0.25) is 0 Å². The van der Waals surface area contributed by atoms with E-state index in [2.05, 4.69) is 63.1 Å².